The monoisotopic (exact) mass is 626 g/mol. The Labute approximate surface area is 282 Å². The highest BCUT2D eigenvalue weighted by Gasteiger charge is 2.55. The Morgan fingerprint density at radius 3 is 1.06 bits per heavy atom. The molecule has 242 valence electrons. The summed E-state index contributed by atoms with van der Waals surface area (Å²) < 4.78 is 26.4. The van der Waals surface area contributed by atoms with E-state index in [9.17, 15) is 0 Å². The van der Waals surface area contributed by atoms with Crippen LogP contribution < -0.4 is 10.9 Å². The SMILES string of the molecule is Cc1ccc(C2(c3ccc(C)c(C)c3)c3cc(B4OC(C)(C)C(C)(C)O4)ccc3-c3ccc(B4OC(C)(C)C(C)(C)O4)cc32)cc1C. The van der Waals surface area contributed by atoms with Gasteiger partial charge in [0.25, 0.3) is 0 Å². The Morgan fingerprint density at radius 2 is 0.745 bits per heavy atom. The molecule has 0 amide bonds. The quantitative estimate of drug-likeness (QED) is 0.190. The van der Waals surface area contributed by atoms with E-state index in [1.807, 2.05) is 0 Å². The minimum Gasteiger partial charge on any atom is -0.399 e. The normalized spacial score (nSPS) is 21.2. The zero-order valence-electron chi connectivity index (χ0n) is 30.2. The lowest BCUT2D eigenvalue weighted by atomic mass is 9.64. The highest BCUT2D eigenvalue weighted by molar-refractivity contribution is 6.62. The van der Waals surface area contributed by atoms with Crippen LogP contribution in [0.2, 0.25) is 0 Å². The highest BCUT2D eigenvalue weighted by atomic mass is 16.7. The van der Waals surface area contributed by atoms with E-state index < -0.39 is 42.1 Å². The maximum absolute atomic E-state index is 6.61. The number of fused-ring (bicyclic) bond motifs is 3. The van der Waals surface area contributed by atoms with E-state index in [0.717, 1.165) is 10.9 Å². The molecule has 4 aromatic carbocycles. The molecule has 1 aliphatic carbocycles. The molecule has 4 aromatic rings. The molecule has 0 atom stereocenters. The van der Waals surface area contributed by atoms with E-state index >= 15 is 0 Å². The molecule has 7 rings (SSSR count). The molecule has 0 bridgehead atoms. The first kappa shape index (κ1) is 32.4. The van der Waals surface area contributed by atoms with Gasteiger partial charge in [-0.05, 0) is 150 Å². The van der Waals surface area contributed by atoms with Crippen molar-refractivity contribution in [3.8, 4) is 11.1 Å². The molecule has 0 unspecified atom stereocenters. The minimum absolute atomic E-state index is 0.434. The molecule has 0 aromatic heterocycles. The van der Waals surface area contributed by atoms with Crippen molar-refractivity contribution in [1.29, 1.82) is 0 Å². The molecular weight excluding hydrogens is 578 g/mol. The number of benzene rings is 4. The van der Waals surface area contributed by atoms with Gasteiger partial charge >= 0.3 is 14.2 Å². The van der Waals surface area contributed by atoms with Crippen molar-refractivity contribution in [2.75, 3.05) is 0 Å². The molecule has 47 heavy (non-hydrogen) atoms. The average molecular weight is 626 g/mol. The van der Waals surface area contributed by atoms with E-state index in [0.29, 0.717) is 0 Å². The van der Waals surface area contributed by atoms with Crippen LogP contribution >= 0.6 is 0 Å². The fourth-order valence-electron chi connectivity index (χ4n) is 7.35. The van der Waals surface area contributed by atoms with Crippen LogP contribution in [-0.4, -0.2) is 36.6 Å². The first-order chi connectivity index (χ1) is 21.9. The summed E-state index contributed by atoms with van der Waals surface area (Å²) in [6.45, 7) is 25.7. The summed E-state index contributed by atoms with van der Waals surface area (Å²) in [5, 5.41) is 0. The summed E-state index contributed by atoms with van der Waals surface area (Å²) in [6, 6.07) is 27.5. The van der Waals surface area contributed by atoms with Crippen LogP contribution in [0.25, 0.3) is 11.1 Å². The smallest absolute Gasteiger partial charge is 0.399 e. The second-order valence-electron chi connectivity index (χ2n) is 16.1. The molecule has 6 heteroatoms. The summed E-state index contributed by atoms with van der Waals surface area (Å²) in [4.78, 5) is 0. The fourth-order valence-corrected chi connectivity index (χ4v) is 7.35. The second kappa shape index (κ2) is 10.4. The Balaban J connectivity index is 1.52. The van der Waals surface area contributed by atoms with Gasteiger partial charge in [-0.3, -0.25) is 0 Å². The van der Waals surface area contributed by atoms with E-state index in [2.05, 4.69) is 156 Å². The van der Waals surface area contributed by atoms with E-state index in [-0.39, 0.29) is 0 Å². The van der Waals surface area contributed by atoms with Crippen LogP contribution in [0.15, 0.2) is 72.8 Å². The third kappa shape index (κ3) is 4.74. The summed E-state index contributed by atoms with van der Waals surface area (Å²) in [7, 11) is -0.932. The number of hydrogen-bond donors (Lipinski definition) is 0. The summed E-state index contributed by atoms with van der Waals surface area (Å²) in [6.07, 6.45) is 0. The Kier molecular flexibility index (Phi) is 7.19. The molecule has 4 nitrogen and oxygen atoms in total. The van der Waals surface area contributed by atoms with E-state index in [1.165, 1.54) is 55.6 Å². The van der Waals surface area contributed by atoms with Crippen molar-refractivity contribution in [1.82, 2.24) is 0 Å². The molecule has 0 radical (unpaired) electrons. The second-order valence-corrected chi connectivity index (χ2v) is 16.1. The van der Waals surface area contributed by atoms with E-state index in [1.54, 1.807) is 0 Å². The van der Waals surface area contributed by atoms with Gasteiger partial charge in [-0.2, -0.15) is 0 Å². The lowest BCUT2D eigenvalue weighted by Crippen LogP contribution is -2.41. The molecule has 3 aliphatic rings. The van der Waals surface area contributed by atoms with Gasteiger partial charge < -0.3 is 18.6 Å². The minimum atomic E-state index is -0.596. The molecule has 2 saturated heterocycles. The van der Waals surface area contributed by atoms with Crippen LogP contribution in [0.3, 0.4) is 0 Å². The van der Waals surface area contributed by atoms with Crippen molar-refractivity contribution in [3.63, 3.8) is 0 Å². The van der Waals surface area contributed by atoms with Gasteiger partial charge in [0, 0.05) is 0 Å². The molecule has 0 N–H and O–H groups in total. The van der Waals surface area contributed by atoms with Crippen molar-refractivity contribution >= 4 is 25.2 Å². The first-order valence-corrected chi connectivity index (χ1v) is 17.0. The molecule has 0 spiro atoms. The van der Waals surface area contributed by atoms with Crippen LogP contribution in [0.4, 0.5) is 0 Å². The van der Waals surface area contributed by atoms with Gasteiger partial charge in [0.1, 0.15) is 0 Å². The lowest BCUT2D eigenvalue weighted by molar-refractivity contribution is 0.00578. The molecule has 0 saturated carbocycles. The number of rotatable bonds is 4. The van der Waals surface area contributed by atoms with Gasteiger partial charge in [-0.1, -0.05) is 72.8 Å². The number of hydrogen-bond acceptors (Lipinski definition) is 4. The fraction of sp³-hybridized carbons (Fsp3) is 0.415. The van der Waals surface area contributed by atoms with Crippen molar-refractivity contribution in [2.45, 2.75) is 111 Å². The lowest BCUT2D eigenvalue weighted by Gasteiger charge is -2.35. The maximum Gasteiger partial charge on any atom is 0.494 e. The Hall–Kier alpha value is -3.15. The topological polar surface area (TPSA) is 36.9 Å². The van der Waals surface area contributed by atoms with Crippen LogP contribution in [-0.2, 0) is 24.0 Å². The highest BCUT2D eigenvalue weighted by Crippen LogP contribution is 2.56. The van der Waals surface area contributed by atoms with E-state index in [4.69, 9.17) is 18.6 Å². The largest absolute Gasteiger partial charge is 0.494 e. The molecule has 2 heterocycles. The molecular formula is C41H48B2O4. The predicted octanol–water partition coefficient (Wildman–Crippen LogP) is 7.88. The summed E-state index contributed by atoms with van der Waals surface area (Å²) in [5.41, 5.74) is 12.2. The first-order valence-electron chi connectivity index (χ1n) is 17.0. The van der Waals surface area contributed by atoms with Crippen molar-refractivity contribution in [2.24, 2.45) is 0 Å². The third-order valence-corrected chi connectivity index (χ3v) is 12.1. The van der Waals surface area contributed by atoms with Gasteiger partial charge in [0.2, 0.25) is 0 Å². The standard InChI is InChI=1S/C41H48B2O4/c1-25-13-15-29(21-27(25)3)41(30-16-14-26(2)28(4)22-30)35-23-31(42-44-37(5,6)38(7,8)45-42)17-19-33(35)34-20-18-32(24-36(34)41)43-46-39(9,10)40(11,12)47-43/h13-24H,1-12H3. The summed E-state index contributed by atoms with van der Waals surface area (Å²) >= 11 is 0. The Morgan fingerprint density at radius 1 is 0.404 bits per heavy atom. The van der Waals surface area contributed by atoms with Crippen molar-refractivity contribution in [3.05, 3.63) is 117 Å². The van der Waals surface area contributed by atoms with Crippen LogP contribution in [0.5, 0.6) is 0 Å². The van der Waals surface area contributed by atoms with Crippen LogP contribution in [0, 0.1) is 27.7 Å². The van der Waals surface area contributed by atoms with Gasteiger partial charge in [0.05, 0.1) is 27.8 Å². The van der Waals surface area contributed by atoms with Crippen LogP contribution in [0.1, 0.15) is 99.9 Å². The maximum atomic E-state index is 6.61. The summed E-state index contributed by atoms with van der Waals surface area (Å²) in [5.74, 6) is 0. The predicted molar refractivity (Wildman–Crippen MR) is 194 cm³/mol. The van der Waals surface area contributed by atoms with Gasteiger partial charge in [-0.25, -0.2) is 0 Å². The average Bonchev–Trinajstić information content (AvgIpc) is 3.50. The third-order valence-electron chi connectivity index (χ3n) is 12.1. The van der Waals surface area contributed by atoms with Gasteiger partial charge in [0.15, 0.2) is 0 Å². The molecule has 2 aliphatic heterocycles. The Bertz CT molecular complexity index is 1750. The molecule has 2 fully saturated rings. The van der Waals surface area contributed by atoms with Gasteiger partial charge in [-0.15, -0.1) is 0 Å². The zero-order valence-corrected chi connectivity index (χ0v) is 30.2. The zero-order chi connectivity index (χ0) is 33.9. The van der Waals surface area contributed by atoms with Crippen molar-refractivity contribution < 1.29 is 18.6 Å². The number of aryl methyl sites for hydroxylation is 4.